The van der Waals surface area contributed by atoms with E-state index in [1.165, 1.54) is 0 Å². The van der Waals surface area contributed by atoms with E-state index in [2.05, 4.69) is 5.32 Å². The molecule has 0 spiro atoms. The highest BCUT2D eigenvalue weighted by Crippen LogP contribution is 2.16. The number of likely N-dealkylation sites (tertiary alicyclic amines) is 1. The summed E-state index contributed by atoms with van der Waals surface area (Å²) in [5.41, 5.74) is 0. The van der Waals surface area contributed by atoms with Crippen molar-refractivity contribution in [2.45, 2.75) is 38.6 Å². The molecule has 1 atom stereocenters. The molecule has 0 radical (unpaired) electrons. The maximum atomic E-state index is 11.7. The SMILES string of the molecule is CCOC(=O)CCCNC(=O)CN1CCCC1C(=O)O. The number of rotatable bonds is 8. The molecule has 0 saturated carbocycles. The first kappa shape index (κ1) is 16.4. The maximum absolute atomic E-state index is 11.7. The number of amides is 1. The molecule has 1 aliphatic heterocycles. The molecule has 1 rings (SSSR count). The van der Waals surface area contributed by atoms with Crippen molar-refractivity contribution in [2.24, 2.45) is 0 Å². The molecule has 2 N–H and O–H groups in total. The van der Waals surface area contributed by atoms with Crippen molar-refractivity contribution >= 4 is 17.8 Å². The molecule has 0 bridgehead atoms. The van der Waals surface area contributed by atoms with Crippen LogP contribution in [0.2, 0.25) is 0 Å². The van der Waals surface area contributed by atoms with Crippen molar-refractivity contribution in [1.82, 2.24) is 10.2 Å². The summed E-state index contributed by atoms with van der Waals surface area (Å²) in [7, 11) is 0. The molecule has 7 nitrogen and oxygen atoms in total. The van der Waals surface area contributed by atoms with Crippen LogP contribution in [0.1, 0.15) is 32.6 Å². The van der Waals surface area contributed by atoms with Gasteiger partial charge in [0, 0.05) is 13.0 Å². The number of aliphatic carboxylic acids is 1. The number of carbonyl (C=O) groups is 3. The predicted molar refractivity (Wildman–Crippen MR) is 71.1 cm³/mol. The van der Waals surface area contributed by atoms with Gasteiger partial charge in [-0.3, -0.25) is 19.3 Å². The lowest BCUT2D eigenvalue weighted by Crippen LogP contribution is -2.43. The van der Waals surface area contributed by atoms with Gasteiger partial charge in [-0.1, -0.05) is 0 Å². The normalized spacial score (nSPS) is 18.8. The highest BCUT2D eigenvalue weighted by Gasteiger charge is 2.31. The number of ether oxygens (including phenoxy) is 1. The summed E-state index contributed by atoms with van der Waals surface area (Å²) < 4.78 is 4.77. The molecule has 0 aromatic carbocycles. The summed E-state index contributed by atoms with van der Waals surface area (Å²) in [6.07, 6.45) is 2.18. The van der Waals surface area contributed by atoms with Gasteiger partial charge in [-0.2, -0.15) is 0 Å². The van der Waals surface area contributed by atoms with Crippen LogP contribution in [0.25, 0.3) is 0 Å². The first-order valence-corrected chi connectivity index (χ1v) is 6.93. The number of esters is 1. The molecule has 1 saturated heterocycles. The third-order valence-corrected chi connectivity index (χ3v) is 3.18. The molecule has 1 amide bonds. The average molecular weight is 286 g/mol. The number of carboxylic acids is 1. The number of hydrogen-bond acceptors (Lipinski definition) is 5. The molecule has 1 heterocycles. The van der Waals surface area contributed by atoms with E-state index in [9.17, 15) is 14.4 Å². The fraction of sp³-hybridized carbons (Fsp3) is 0.769. The van der Waals surface area contributed by atoms with E-state index in [1.54, 1.807) is 11.8 Å². The van der Waals surface area contributed by atoms with Gasteiger partial charge < -0.3 is 15.2 Å². The van der Waals surface area contributed by atoms with E-state index in [1.807, 2.05) is 0 Å². The van der Waals surface area contributed by atoms with E-state index in [4.69, 9.17) is 9.84 Å². The Morgan fingerprint density at radius 3 is 2.80 bits per heavy atom. The topological polar surface area (TPSA) is 95.9 Å². The predicted octanol–water partition coefficient (Wildman–Crippen LogP) is -0.00510. The van der Waals surface area contributed by atoms with Crippen LogP contribution in [0.5, 0.6) is 0 Å². The minimum atomic E-state index is -0.877. The summed E-state index contributed by atoms with van der Waals surface area (Å²) in [5, 5.41) is 11.7. The fourth-order valence-corrected chi connectivity index (χ4v) is 2.23. The standard InChI is InChI=1S/C13H22N2O5/c1-2-20-12(17)6-3-7-14-11(16)9-15-8-4-5-10(15)13(18)19/h10H,2-9H2,1H3,(H,14,16)(H,18,19). The fourth-order valence-electron chi connectivity index (χ4n) is 2.23. The molecule has 1 fully saturated rings. The van der Waals surface area contributed by atoms with Crippen molar-refractivity contribution < 1.29 is 24.2 Å². The summed E-state index contributed by atoms with van der Waals surface area (Å²) >= 11 is 0. The van der Waals surface area contributed by atoms with Crippen LogP contribution in [0.4, 0.5) is 0 Å². The monoisotopic (exact) mass is 286 g/mol. The molecule has 0 aliphatic carbocycles. The molecular formula is C13H22N2O5. The lowest BCUT2D eigenvalue weighted by molar-refractivity contribution is -0.144. The Balaban J connectivity index is 2.17. The van der Waals surface area contributed by atoms with Crippen molar-refractivity contribution in [3.05, 3.63) is 0 Å². The van der Waals surface area contributed by atoms with Crippen LogP contribution in [-0.4, -0.2) is 60.1 Å². The quantitative estimate of drug-likeness (QED) is 0.481. The van der Waals surface area contributed by atoms with E-state index in [0.29, 0.717) is 32.5 Å². The Hall–Kier alpha value is -1.63. The van der Waals surface area contributed by atoms with Crippen LogP contribution in [0.15, 0.2) is 0 Å². The smallest absolute Gasteiger partial charge is 0.320 e. The van der Waals surface area contributed by atoms with Gasteiger partial charge in [-0.25, -0.2) is 0 Å². The van der Waals surface area contributed by atoms with Gasteiger partial charge in [-0.05, 0) is 32.7 Å². The Labute approximate surface area is 118 Å². The zero-order valence-corrected chi connectivity index (χ0v) is 11.8. The lowest BCUT2D eigenvalue weighted by Gasteiger charge is -2.20. The summed E-state index contributed by atoms with van der Waals surface area (Å²) in [6.45, 7) is 3.22. The second-order valence-corrected chi connectivity index (χ2v) is 4.73. The summed E-state index contributed by atoms with van der Waals surface area (Å²) in [4.78, 5) is 35.4. The Morgan fingerprint density at radius 1 is 1.40 bits per heavy atom. The van der Waals surface area contributed by atoms with E-state index in [0.717, 1.165) is 6.42 Å². The van der Waals surface area contributed by atoms with Gasteiger partial charge in [0.1, 0.15) is 6.04 Å². The number of carbonyl (C=O) groups excluding carboxylic acids is 2. The van der Waals surface area contributed by atoms with Gasteiger partial charge in [0.25, 0.3) is 0 Å². The molecule has 114 valence electrons. The molecule has 7 heteroatoms. The largest absolute Gasteiger partial charge is 0.480 e. The van der Waals surface area contributed by atoms with Crippen LogP contribution >= 0.6 is 0 Å². The van der Waals surface area contributed by atoms with Gasteiger partial charge in [-0.15, -0.1) is 0 Å². The van der Waals surface area contributed by atoms with Gasteiger partial charge >= 0.3 is 11.9 Å². The molecule has 0 aromatic rings. The van der Waals surface area contributed by atoms with E-state index in [-0.39, 0.29) is 24.8 Å². The number of carboxylic acid groups (broad SMARTS) is 1. The van der Waals surface area contributed by atoms with Crippen molar-refractivity contribution in [1.29, 1.82) is 0 Å². The average Bonchev–Trinajstić information content (AvgIpc) is 2.83. The maximum Gasteiger partial charge on any atom is 0.320 e. The summed E-state index contributed by atoms with van der Waals surface area (Å²) in [5.74, 6) is -1.35. The zero-order chi connectivity index (χ0) is 15.0. The second-order valence-electron chi connectivity index (χ2n) is 4.73. The molecule has 0 aromatic heterocycles. The van der Waals surface area contributed by atoms with Crippen LogP contribution in [-0.2, 0) is 19.1 Å². The van der Waals surface area contributed by atoms with Gasteiger partial charge in [0.15, 0.2) is 0 Å². The van der Waals surface area contributed by atoms with Gasteiger partial charge in [0.05, 0.1) is 13.2 Å². The molecule has 1 unspecified atom stereocenters. The molecule has 20 heavy (non-hydrogen) atoms. The zero-order valence-electron chi connectivity index (χ0n) is 11.8. The first-order chi connectivity index (χ1) is 9.54. The van der Waals surface area contributed by atoms with E-state index < -0.39 is 12.0 Å². The minimum Gasteiger partial charge on any atom is -0.480 e. The second kappa shape index (κ2) is 8.52. The minimum absolute atomic E-state index is 0.0936. The Kier molecular flexibility index (Phi) is 7.00. The van der Waals surface area contributed by atoms with Crippen LogP contribution in [0, 0.1) is 0 Å². The highest BCUT2D eigenvalue weighted by atomic mass is 16.5. The van der Waals surface area contributed by atoms with Crippen LogP contribution in [0.3, 0.4) is 0 Å². The van der Waals surface area contributed by atoms with E-state index >= 15 is 0 Å². The van der Waals surface area contributed by atoms with Crippen molar-refractivity contribution in [3.63, 3.8) is 0 Å². The van der Waals surface area contributed by atoms with Crippen LogP contribution < -0.4 is 5.32 Å². The highest BCUT2D eigenvalue weighted by molar-refractivity contribution is 5.80. The van der Waals surface area contributed by atoms with Crippen molar-refractivity contribution in [2.75, 3.05) is 26.2 Å². The lowest BCUT2D eigenvalue weighted by atomic mass is 10.2. The number of nitrogens with one attached hydrogen (secondary N) is 1. The molecular weight excluding hydrogens is 264 g/mol. The number of hydrogen-bond donors (Lipinski definition) is 2. The third-order valence-electron chi connectivity index (χ3n) is 3.18. The third kappa shape index (κ3) is 5.56. The van der Waals surface area contributed by atoms with Crippen molar-refractivity contribution in [3.8, 4) is 0 Å². The Morgan fingerprint density at radius 2 is 2.15 bits per heavy atom. The number of nitrogens with zero attached hydrogens (tertiary/aromatic N) is 1. The Bertz CT molecular complexity index is 359. The van der Waals surface area contributed by atoms with Gasteiger partial charge in [0.2, 0.25) is 5.91 Å². The summed E-state index contributed by atoms with van der Waals surface area (Å²) in [6, 6.07) is -0.555. The first-order valence-electron chi connectivity index (χ1n) is 6.93. The molecule has 1 aliphatic rings.